The van der Waals surface area contributed by atoms with Gasteiger partial charge in [-0.2, -0.15) is 0 Å². The van der Waals surface area contributed by atoms with Crippen LogP contribution in [0.3, 0.4) is 0 Å². The molecular formula is C24H29N3O3S. The summed E-state index contributed by atoms with van der Waals surface area (Å²) in [7, 11) is 0. The number of nitrogens with zero attached hydrogens (tertiary/aromatic N) is 2. The SMILES string of the molecule is Cc1ccccc1C(=O)N1CCC(C(NC(=O)c2cccs2)C(=O)N2CCCC2)CC1. The van der Waals surface area contributed by atoms with Gasteiger partial charge < -0.3 is 15.1 Å². The van der Waals surface area contributed by atoms with Crippen LogP contribution >= 0.6 is 11.3 Å². The summed E-state index contributed by atoms with van der Waals surface area (Å²) in [6.45, 7) is 4.65. The van der Waals surface area contributed by atoms with Crippen molar-refractivity contribution in [3.05, 3.63) is 57.8 Å². The first kappa shape index (κ1) is 21.6. The molecule has 0 radical (unpaired) electrons. The number of carbonyl (C=O) groups excluding carboxylic acids is 3. The van der Waals surface area contributed by atoms with Crippen molar-refractivity contribution >= 4 is 29.1 Å². The summed E-state index contributed by atoms with van der Waals surface area (Å²) in [6, 6.07) is 10.7. The lowest BCUT2D eigenvalue weighted by Gasteiger charge is -2.37. The highest BCUT2D eigenvalue weighted by Crippen LogP contribution is 2.25. The second-order valence-electron chi connectivity index (χ2n) is 8.41. The molecule has 2 aliphatic rings. The Labute approximate surface area is 187 Å². The summed E-state index contributed by atoms with van der Waals surface area (Å²) < 4.78 is 0. The second kappa shape index (κ2) is 9.64. The molecule has 2 saturated heterocycles. The molecule has 0 saturated carbocycles. The summed E-state index contributed by atoms with van der Waals surface area (Å²) in [5, 5.41) is 4.89. The number of likely N-dealkylation sites (tertiary alicyclic amines) is 2. The summed E-state index contributed by atoms with van der Waals surface area (Å²) >= 11 is 1.38. The zero-order valence-corrected chi connectivity index (χ0v) is 18.7. The average Bonchev–Trinajstić information content (AvgIpc) is 3.51. The third-order valence-electron chi connectivity index (χ3n) is 6.39. The molecule has 2 aromatic rings. The number of aryl methyl sites for hydroxylation is 1. The van der Waals surface area contributed by atoms with Gasteiger partial charge in [0.05, 0.1) is 4.88 Å². The van der Waals surface area contributed by atoms with Crippen molar-refractivity contribution in [2.24, 2.45) is 5.92 Å². The van der Waals surface area contributed by atoms with Crippen molar-refractivity contribution < 1.29 is 14.4 Å². The topological polar surface area (TPSA) is 69.7 Å². The molecule has 6 nitrogen and oxygen atoms in total. The minimum absolute atomic E-state index is 0.0195. The number of nitrogens with one attached hydrogen (secondary N) is 1. The molecule has 1 unspecified atom stereocenters. The molecule has 0 spiro atoms. The van der Waals surface area contributed by atoms with Crippen molar-refractivity contribution in [2.45, 2.75) is 38.6 Å². The highest BCUT2D eigenvalue weighted by atomic mass is 32.1. The summed E-state index contributed by atoms with van der Waals surface area (Å²) in [5.41, 5.74) is 1.71. The van der Waals surface area contributed by atoms with Crippen LogP contribution in [0.25, 0.3) is 0 Å². The van der Waals surface area contributed by atoms with Gasteiger partial charge in [-0.25, -0.2) is 0 Å². The number of amides is 3. The van der Waals surface area contributed by atoms with Gasteiger partial charge in [0, 0.05) is 31.7 Å². The van der Waals surface area contributed by atoms with E-state index < -0.39 is 6.04 Å². The Morgan fingerprint density at radius 1 is 0.968 bits per heavy atom. The fourth-order valence-corrected chi connectivity index (χ4v) is 5.18. The van der Waals surface area contributed by atoms with E-state index in [-0.39, 0.29) is 23.6 Å². The van der Waals surface area contributed by atoms with E-state index in [4.69, 9.17) is 0 Å². The van der Waals surface area contributed by atoms with Crippen molar-refractivity contribution in [1.29, 1.82) is 0 Å². The molecule has 164 valence electrons. The lowest BCUT2D eigenvalue weighted by atomic mass is 9.88. The van der Waals surface area contributed by atoms with E-state index in [0.29, 0.717) is 30.8 Å². The molecule has 2 fully saturated rings. The van der Waals surface area contributed by atoms with Gasteiger partial charge >= 0.3 is 0 Å². The van der Waals surface area contributed by atoms with Gasteiger partial charge in [-0.3, -0.25) is 14.4 Å². The molecular weight excluding hydrogens is 410 g/mol. The quantitative estimate of drug-likeness (QED) is 0.777. The third kappa shape index (κ3) is 4.82. The predicted octanol–water partition coefficient (Wildman–Crippen LogP) is 3.33. The molecule has 7 heteroatoms. The van der Waals surface area contributed by atoms with Crippen LogP contribution in [0.4, 0.5) is 0 Å². The Morgan fingerprint density at radius 2 is 1.68 bits per heavy atom. The van der Waals surface area contributed by atoms with Crippen LogP contribution in [-0.4, -0.2) is 59.7 Å². The van der Waals surface area contributed by atoms with Gasteiger partial charge in [-0.15, -0.1) is 11.3 Å². The number of benzene rings is 1. The number of thiophene rings is 1. The van der Waals surface area contributed by atoms with Crippen LogP contribution in [0.1, 0.15) is 51.3 Å². The van der Waals surface area contributed by atoms with Crippen LogP contribution in [0, 0.1) is 12.8 Å². The van der Waals surface area contributed by atoms with Gasteiger partial charge in [-0.05, 0) is 61.6 Å². The van der Waals surface area contributed by atoms with Crippen LogP contribution in [-0.2, 0) is 4.79 Å². The Morgan fingerprint density at radius 3 is 2.32 bits per heavy atom. The molecule has 0 bridgehead atoms. The molecule has 4 rings (SSSR count). The zero-order valence-electron chi connectivity index (χ0n) is 17.9. The van der Waals surface area contributed by atoms with E-state index in [1.807, 2.05) is 52.4 Å². The average molecular weight is 440 g/mol. The fraction of sp³-hybridized carbons (Fsp3) is 0.458. The minimum atomic E-state index is -0.539. The Kier molecular flexibility index (Phi) is 6.70. The standard InChI is InChI=1S/C24H29N3O3S/c1-17-7-2-3-8-19(17)23(29)27-14-10-18(11-15-27)21(24(30)26-12-4-5-13-26)25-22(28)20-9-6-16-31-20/h2-3,6-9,16,18,21H,4-5,10-15H2,1H3,(H,25,28). The molecule has 1 aromatic heterocycles. The smallest absolute Gasteiger partial charge is 0.262 e. The number of piperidine rings is 1. The number of rotatable bonds is 5. The Bertz CT molecular complexity index is 929. The van der Waals surface area contributed by atoms with E-state index in [0.717, 1.165) is 37.1 Å². The normalized spacial score (nSPS) is 18.1. The van der Waals surface area contributed by atoms with Crippen molar-refractivity contribution in [3.8, 4) is 0 Å². The van der Waals surface area contributed by atoms with E-state index in [9.17, 15) is 14.4 Å². The molecule has 1 aromatic carbocycles. The van der Waals surface area contributed by atoms with Gasteiger partial charge in [0.1, 0.15) is 6.04 Å². The molecule has 31 heavy (non-hydrogen) atoms. The Hall–Kier alpha value is -2.67. The Balaban J connectivity index is 1.45. The fourth-order valence-electron chi connectivity index (χ4n) is 4.55. The number of hydrogen-bond donors (Lipinski definition) is 1. The van der Waals surface area contributed by atoms with Gasteiger partial charge in [0.2, 0.25) is 5.91 Å². The van der Waals surface area contributed by atoms with Crippen LogP contribution < -0.4 is 5.32 Å². The highest BCUT2D eigenvalue weighted by Gasteiger charge is 2.37. The molecule has 1 atom stereocenters. The van der Waals surface area contributed by atoms with Crippen LogP contribution in [0.5, 0.6) is 0 Å². The summed E-state index contributed by atoms with van der Waals surface area (Å²) in [5.74, 6) is -0.100. The third-order valence-corrected chi connectivity index (χ3v) is 7.26. The number of carbonyl (C=O) groups is 3. The highest BCUT2D eigenvalue weighted by molar-refractivity contribution is 7.12. The molecule has 2 aliphatic heterocycles. The van der Waals surface area contributed by atoms with Crippen molar-refractivity contribution in [3.63, 3.8) is 0 Å². The van der Waals surface area contributed by atoms with E-state index in [1.165, 1.54) is 11.3 Å². The second-order valence-corrected chi connectivity index (χ2v) is 9.35. The molecule has 0 aliphatic carbocycles. The molecule has 1 N–H and O–H groups in total. The largest absolute Gasteiger partial charge is 0.341 e. The first-order valence-electron chi connectivity index (χ1n) is 11.0. The van der Waals surface area contributed by atoms with Crippen molar-refractivity contribution in [2.75, 3.05) is 26.2 Å². The first-order valence-corrected chi connectivity index (χ1v) is 11.9. The van der Waals surface area contributed by atoms with Crippen LogP contribution in [0.15, 0.2) is 41.8 Å². The monoisotopic (exact) mass is 439 g/mol. The summed E-state index contributed by atoms with van der Waals surface area (Å²) in [6.07, 6.45) is 3.43. The van der Waals surface area contributed by atoms with Gasteiger partial charge in [0.25, 0.3) is 11.8 Å². The van der Waals surface area contributed by atoms with Crippen LogP contribution in [0.2, 0.25) is 0 Å². The summed E-state index contributed by atoms with van der Waals surface area (Å²) in [4.78, 5) is 43.3. The van der Waals surface area contributed by atoms with E-state index in [2.05, 4.69) is 5.32 Å². The zero-order chi connectivity index (χ0) is 21.8. The molecule has 3 heterocycles. The first-order chi connectivity index (χ1) is 15.0. The van der Waals surface area contributed by atoms with Gasteiger partial charge in [-0.1, -0.05) is 24.3 Å². The number of hydrogen-bond acceptors (Lipinski definition) is 4. The van der Waals surface area contributed by atoms with E-state index >= 15 is 0 Å². The minimum Gasteiger partial charge on any atom is -0.341 e. The lowest BCUT2D eigenvalue weighted by Crippen LogP contribution is -2.54. The van der Waals surface area contributed by atoms with E-state index in [1.54, 1.807) is 6.07 Å². The lowest BCUT2D eigenvalue weighted by molar-refractivity contribution is -0.134. The van der Waals surface area contributed by atoms with Gasteiger partial charge in [0.15, 0.2) is 0 Å². The predicted molar refractivity (Wildman–Crippen MR) is 121 cm³/mol. The molecule has 3 amide bonds. The van der Waals surface area contributed by atoms with Crippen molar-refractivity contribution in [1.82, 2.24) is 15.1 Å². The maximum atomic E-state index is 13.3. The maximum absolute atomic E-state index is 13.3. The maximum Gasteiger partial charge on any atom is 0.262 e.